The van der Waals surface area contributed by atoms with E-state index in [1.54, 1.807) is 23.9 Å². The molecule has 0 unspecified atom stereocenters. The Morgan fingerprint density at radius 3 is 2.43 bits per heavy atom. The van der Waals surface area contributed by atoms with Gasteiger partial charge in [0.2, 0.25) is 5.91 Å². The van der Waals surface area contributed by atoms with Crippen molar-refractivity contribution < 1.29 is 9.59 Å². The molecule has 0 aromatic heterocycles. The van der Waals surface area contributed by atoms with E-state index in [-0.39, 0.29) is 17.2 Å². The van der Waals surface area contributed by atoms with E-state index in [2.05, 4.69) is 27.3 Å². The molecule has 1 aliphatic rings. The molecule has 1 fully saturated rings. The normalized spacial score (nSPS) is 16.0. The topological polar surface area (TPSA) is 49.4 Å². The van der Waals surface area contributed by atoms with Gasteiger partial charge < -0.3 is 5.32 Å². The molecule has 0 bridgehead atoms. The maximum atomic E-state index is 12.7. The zero-order chi connectivity index (χ0) is 21.3. The molecule has 2 amide bonds. The van der Waals surface area contributed by atoms with Crippen molar-refractivity contribution in [1.29, 1.82) is 0 Å². The van der Waals surface area contributed by atoms with Crippen LogP contribution in [0.15, 0.2) is 71.2 Å². The summed E-state index contributed by atoms with van der Waals surface area (Å²) < 4.78 is 0.926. The van der Waals surface area contributed by atoms with Gasteiger partial charge in [-0.15, -0.1) is 11.8 Å². The molecule has 6 heteroatoms. The van der Waals surface area contributed by atoms with E-state index in [1.807, 2.05) is 67.3 Å². The molecule has 1 heterocycles. The van der Waals surface area contributed by atoms with Crippen molar-refractivity contribution in [1.82, 2.24) is 0 Å². The highest BCUT2D eigenvalue weighted by molar-refractivity contribution is 9.10. The Kier molecular flexibility index (Phi) is 5.97. The molecule has 1 N–H and O–H groups in total. The Balaban J connectivity index is 1.60. The molecular formula is C24H21BrN2O2S. The first-order valence-electron chi connectivity index (χ1n) is 9.59. The second-order valence-corrected chi connectivity index (χ2v) is 9.34. The molecular weight excluding hydrogens is 460 g/mol. The number of benzene rings is 3. The number of hydrogen-bond donors (Lipinski definition) is 1. The van der Waals surface area contributed by atoms with Gasteiger partial charge in [0.05, 0.1) is 5.75 Å². The van der Waals surface area contributed by atoms with Crippen molar-refractivity contribution in [3.63, 3.8) is 0 Å². The number of rotatable bonds is 4. The molecule has 1 aliphatic heterocycles. The monoisotopic (exact) mass is 480 g/mol. The van der Waals surface area contributed by atoms with Crippen molar-refractivity contribution >= 4 is 50.9 Å². The fourth-order valence-electron chi connectivity index (χ4n) is 3.61. The molecule has 1 saturated heterocycles. The molecule has 4 rings (SSSR count). The van der Waals surface area contributed by atoms with Crippen molar-refractivity contribution in [2.24, 2.45) is 0 Å². The lowest BCUT2D eigenvalue weighted by Crippen LogP contribution is -2.28. The van der Waals surface area contributed by atoms with Gasteiger partial charge in [0.1, 0.15) is 5.37 Å². The summed E-state index contributed by atoms with van der Waals surface area (Å²) in [6, 6.07) is 21.1. The van der Waals surface area contributed by atoms with Gasteiger partial charge in [-0.2, -0.15) is 0 Å². The van der Waals surface area contributed by atoms with E-state index >= 15 is 0 Å². The van der Waals surface area contributed by atoms with E-state index in [0.29, 0.717) is 17.0 Å². The molecule has 3 aromatic rings. The van der Waals surface area contributed by atoms with E-state index in [0.717, 1.165) is 26.9 Å². The van der Waals surface area contributed by atoms with Crippen LogP contribution in [0.25, 0.3) is 0 Å². The van der Waals surface area contributed by atoms with Crippen LogP contribution in [0.3, 0.4) is 0 Å². The molecule has 1 atom stereocenters. The third kappa shape index (κ3) is 4.45. The summed E-state index contributed by atoms with van der Waals surface area (Å²) >= 11 is 4.98. The van der Waals surface area contributed by atoms with Crippen LogP contribution in [0.2, 0.25) is 0 Å². The van der Waals surface area contributed by atoms with Gasteiger partial charge >= 0.3 is 0 Å². The maximum absolute atomic E-state index is 12.7. The lowest BCUT2D eigenvalue weighted by Gasteiger charge is -2.25. The van der Waals surface area contributed by atoms with Crippen molar-refractivity contribution in [2.75, 3.05) is 16.0 Å². The number of anilines is 2. The Morgan fingerprint density at radius 2 is 1.73 bits per heavy atom. The Morgan fingerprint density at radius 1 is 1.03 bits per heavy atom. The third-order valence-corrected chi connectivity index (χ3v) is 6.63. The highest BCUT2D eigenvalue weighted by Crippen LogP contribution is 2.42. The molecule has 0 saturated carbocycles. The van der Waals surface area contributed by atoms with Gasteiger partial charge in [-0.1, -0.05) is 34.1 Å². The molecule has 0 aliphatic carbocycles. The lowest BCUT2D eigenvalue weighted by atomic mass is 10.1. The van der Waals surface area contributed by atoms with Gasteiger partial charge in [-0.25, -0.2) is 0 Å². The number of halogens is 1. The smallest absolute Gasteiger partial charge is 0.255 e. The van der Waals surface area contributed by atoms with Crippen LogP contribution in [0.1, 0.15) is 32.4 Å². The number of hydrogen-bond acceptors (Lipinski definition) is 3. The molecule has 0 radical (unpaired) electrons. The number of nitrogens with one attached hydrogen (secondary N) is 1. The minimum Gasteiger partial charge on any atom is -0.322 e. The summed E-state index contributed by atoms with van der Waals surface area (Å²) in [7, 11) is 0. The number of thioether (sulfide) groups is 1. The average Bonchev–Trinajstić information content (AvgIpc) is 3.09. The molecule has 0 spiro atoms. The molecule has 152 valence electrons. The Labute approximate surface area is 188 Å². The summed E-state index contributed by atoms with van der Waals surface area (Å²) in [5.74, 6) is 0.368. The third-order valence-electron chi connectivity index (χ3n) is 4.89. The molecule has 30 heavy (non-hydrogen) atoms. The second kappa shape index (κ2) is 8.66. The zero-order valence-electron chi connectivity index (χ0n) is 16.7. The van der Waals surface area contributed by atoms with Crippen LogP contribution in [-0.4, -0.2) is 17.6 Å². The van der Waals surface area contributed by atoms with Gasteiger partial charge in [0.25, 0.3) is 5.91 Å². The number of carbonyl (C=O) groups is 2. The van der Waals surface area contributed by atoms with Crippen LogP contribution < -0.4 is 10.2 Å². The summed E-state index contributed by atoms with van der Waals surface area (Å²) in [5, 5.41) is 2.84. The van der Waals surface area contributed by atoms with Crippen LogP contribution >= 0.6 is 27.7 Å². The van der Waals surface area contributed by atoms with E-state index in [1.165, 1.54) is 0 Å². The standard InChI is InChI=1S/C24H21BrN2O2S/c1-15-10-16(2)12-21(11-15)27-22(28)14-30-24(27)18-4-3-5-20(13-18)26-23(29)17-6-8-19(25)9-7-17/h3-13,24H,14H2,1-2H3,(H,26,29)/t24-/m0/s1. The predicted molar refractivity (Wildman–Crippen MR) is 127 cm³/mol. The number of nitrogens with zero attached hydrogens (tertiary/aromatic N) is 1. The summed E-state index contributed by atoms with van der Waals surface area (Å²) in [4.78, 5) is 27.1. The van der Waals surface area contributed by atoms with Gasteiger partial charge in [0, 0.05) is 21.4 Å². The summed E-state index contributed by atoms with van der Waals surface area (Å²) in [5.41, 5.74) is 5.45. The predicted octanol–water partition coefficient (Wildman–Crippen LogP) is 6.10. The van der Waals surface area contributed by atoms with Crippen LogP contribution in [0.4, 0.5) is 11.4 Å². The fraction of sp³-hybridized carbons (Fsp3) is 0.167. The quantitative estimate of drug-likeness (QED) is 0.490. The van der Waals surface area contributed by atoms with Crippen molar-refractivity contribution in [3.8, 4) is 0 Å². The zero-order valence-corrected chi connectivity index (χ0v) is 19.1. The first kappa shape index (κ1) is 20.7. The van der Waals surface area contributed by atoms with Gasteiger partial charge in [-0.05, 0) is 79.1 Å². The van der Waals surface area contributed by atoms with Gasteiger partial charge in [-0.3, -0.25) is 14.5 Å². The van der Waals surface area contributed by atoms with Crippen LogP contribution in [0, 0.1) is 13.8 Å². The van der Waals surface area contributed by atoms with Crippen LogP contribution in [0.5, 0.6) is 0 Å². The molecule has 4 nitrogen and oxygen atoms in total. The van der Waals surface area contributed by atoms with E-state index in [4.69, 9.17) is 0 Å². The molecule has 3 aromatic carbocycles. The average molecular weight is 481 g/mol. The highest BCUT2D eigenvalue weighted by Gasteiger charge is 2.34. The Bertz CT molecular complexity index is 1090. The minimum absolute atomic E-state index is 0.0966. The largest absolute Gasteiger partial charge is 0.322 e. The first-order chi connectivity index (χ1) is 14.4. The SMILES string of the molecule is Cc1cc(C)cc(N2C(=O)CS[C@H]2c2cccc(NC(=O)c3ccc(Br)cc3)c2)c1. The number of aryl methyl sites for hydroxylation is 2. The Hall–Kier alpha value is -2.57. The van der Waals surface area contributed by atoms with Crippen molar-refractivity contribution in [3.05, 3.63) is 93.5 Å². The van der Waals surface area contributed by atoms with Crippen molar-refractivity contribution in [2.45, 2.75) is 19.2 Å². The van der Waals surface area contributed by atoms with E-state index < -0.39 is 0 Å². The summed E-state index contributed by atoms with van der Waals surface area (Å²) in [6.45, 7) is 4.08. The fourth-order valence-corrected chi connectivity index (χ4v) is 5.05. The lowest BCUT2D eigenvalue weighted by molar-refractivity contribution is -0.115. The number of amides is 2. The second-order valence-electron chi connectivity index (χ2n) is 7.36. The van der Waals surface area contributed by atoms with Crippen LogP contribution in [-0.2, 0) is 4.79 Å². The highest BCUT2D eigenvalue weighted by atomic mass is 79.9. The minimum atomic E-state index is -0.166. The first-order valence-corrected chi connectivity index (χ1v) is 11.4. The number of carbonyl (C=O) groups excluding carboxylic acids is 2. The maximum Gasteiger partial charge on any atom is 0.255 e. The van der Waals surface area contributed by atoms with Gasteiger partial charge in [0.15, 0.2) is 0 Å². The van der Waals surface area contributed by atoms with E-state index in [9.17, 15) is 9.59 Å². The summed E-state index contributed by atoms with van der Waals surface area (Å²) in [6.07, 6.45) is 0.